The molecule has 2 rings (SSSR count). The Kier molecular flexibility index (Phi) is 3.06. The number of aryl methyl sites for hydroxylation is 1. The summed E-state index contributed by atoms with van der Waals surface area (Å²) in [6.07, 6.45) is 4.20. The second-order valence-corrected chi connectivity index (χ2v) is 3.86. The smallest absolute Gasteiger partial charge is 0.0319 e. The SMILES string of the molecule is Cc1ccccc1C=Cc1cccc(N)c1. The van der Waals surface area contributed by atoms with E-state index in [4.69, 9.17) is 5.73 Å². The predicted molar refractivity (Wildman–Crippen MR) is 71.0 cm³/mol. The highest BCUT2D eigenvalue weighted by molar-refractivity contribution is 5.72. The number of nitrogen functional groups attached to an aromatic ring is 1. The van der Waals surface area contributed by atoms with E-state index in [0.717, 1.165) is 11.3 Å². The molecule has 0 aliphatic heterocycles. The van der Waals surface area contributed by atoms with Crippen molar-refractivity contribution in [3.05, 3.63) is 65.2 Å². The third kappa shape index (κ3) is 2.51. The molecule has 0 aliphatic rings. The van der Waals surface area contributed by atoms with Gasteiger partial charge in [0.2, 0.25) is 0 Å². The van der Waals surface area contributed by atoms with E-state index in [1.165, 1.54) is 11.1 Å². The molecule has 0 radical (unpaired) electrons. The molecule has 2 aromatic rings. The van der Waals surface area contributed by atoms with Crippen molar-refractivity contribution in [2.75, 3.05) is 5.73 Å². The molecule has 0 saturated heterocycles. The first-order chi connectivity index (χ1) is 7.75. The van der Waals surface area contributed by atoms with Crippen LogP contribution >= 0.6 is 0 Å². The molecule has 80 valence electrons. The van der Waals surface area contributed by atoms with Crippen LogP contribution in [-0.2, 0) is 0 Å². The predicted octanol–water partition coefficient (Wildman–Crippen LogP) is 3.75. The molecular weight excluding hydrogens is 194 g/mol. The highest BCUT2D eigenvalue weighted by Crippen LogP contribution is 2.13. The number of hydrogen-bond acceptors (Lipinski definition) is 1. The average molecular weight is 209 g/mol. The molecule has 1 heteroatoms. The minimum absolute atomic E-state index is 0.798. The third-order valence-corrected chi connectivity index (χ3v) is 2.55. The molecular formula is C15H15N. The summed E-state index contributed by atoms with van der Waals surface area (Å²) in [6, 6.07) is 16.2. The normalized spacial score (nSPS) is 10.8. The lowest BCUT2D eigenvalue weighted by Gasteiger charge is -1.99. The van der Waals surface area contributed by atoms with Gasteiger partial charge in [0.15, 0.2) is 0 Å². The minimum atomic E-state index is 0.798. The molecule has 0 fully saturated rings. The molecule has 0 saturated carbocycles. The van der Waals surface area contributed by atoms with Gasteiger partial charge >= 0.3 is 0 Å². The van der Waals surface area contributed by atoms with E-state index < -0.39 is 0 Å². The van der Waals surface area contributed by atoms with Crippen LogP contribution in [0.4, 0.5) is 5.69 Å². The summed E-state index contributed by atoms with van der Waals surface area (Å²) in [7, 11) is 0. The fraction of sp³-hybridized carbons (Fsp3) is 0.0667. The molecule has 0 atom stereocenters. The fourth-order valence-electron chi connectivity index (χ4n) is 1.62. The van der Waals surface area contributed by atoms with Crippen molar-refractivity contribution >= 4 is 17.8 Å². The summed E-state index contributed by atoms with van der Waals surface area (Å²) in [6.45, 7) is 2.11. The lowest BCUT2D eigenvalue weighted by atomic mass is 10.1. The lowest BCUT2D eigenvalue weighted by Crippen LogP contribution is -1.83. The number of nitrogens with two attached hydrogens (primary N) is 1. The molecule has 0 aromatic heterocycles. The van der Waals surface area contributed by atoms with Gasteiger partial charge in [-0.25, -0.2) is 0 Å². The second-order valence-electron chi connectivity index (χ2n) is 3.86. The van der Waals surface area contributed by atoms with Crippen molar-refractivity contribution in [3.63, 3.8) is 0 Å². The van der Waals surface area contributed by atoms with Gasteiger partial charge in [-0.15, -0.1) is 0 Å². The summed E-state index contributed by atoms with van der Waals surface area (Å²) in [5.74, 6) is 0. The van der Waals surface area contributed by atoms with Crippen LogP contribution in [0, 0.1) is 6.92 Å². The van der Waals surface area contributed by atoms with Crippen molar-refractivity contribution in [1.29, 1.82) is 0 Å². The van der Waals surface area contributed by atoms with Crippen LogP contribution in [-0.4, -0.2) is 0 Å². The van der Waals surface area contributed by atoms with Gasteiger partial charge in [0.1, 0.15) is 0 Å². The standard InChI is InChI=1S/C15H15N/c1-12-5-2-3-7-14(12)10-9-13-6-4-8-15(16)11-13/h2-11H,16H2,1H3. The van der Waals surface area contributed by atoms with Crippen molar-refractivity contribution in [3.8, 4) is 0 Å². The van der Waals surface area contributed by atoms with Crippen LogP contribution < -0.4 is 5.73 Å². The maximum atomic E-state index is 5.72. The van der Waals surface area contributed by atoms with Crippen LogP contribution in [0.2, 0.25) is 0 Å². The Morgan fingerprint density at radius 1 is 0.938 bits per heavy atom. The second kappa shape index (κ2) is 4.67. The summed E-state index contributed by atoms with van der Waals surface area (Å²) < 4.78 is 0. The Labute approximate surface area is 96.2 Å². The van der Waals surface area contributed by atoms with Crippen LogP contribution in [0.25, 0.3) is 12.2 Å². The Hall–Kier alpha value is -2.02. The van der Waals surface area contributed by atoms with Gasteiger partial charge in [0.05, 0.1) is 0 Å². The number of anilines is 1. The Bertz CT molecular complexity index is 512. The minimum Gasteiger partial charge on any atom is -0.399 e. The summed E-state index contributed by atoms with van der Waals surface area (Å²) in [5, 5.41) is 0. The topological polar surface area (TPSA) is 26.0 Å². The lowest BCUT2D eigenvalue weighted by molar-refractivity contribution is 1.45. The molecule has 1 nitrogen and oxygen atoms in total. The molecule has 0 bridgehead atoms. The van der Waals surface area contributed by atoms with E-state index in [1.807, 2.05) is 36.4 Å². The zero-order chi connectivity index (χ0) is 11.4. The van der Waals surface area contributed by atoms with E-state index in [9.17, 15) is 0 Å². The van der Waals surface area contributed by atoms with Crippen molar-refractivity contribution in [1.82, 2.24) is 0 Å². The van der Waals surface area contributed by atoms with Gasteiger partial charge in [-0.1, -0.05) is 48.6 Å². The molecule has 0 unspecified atom stereocenters. The molecule has 16 heavy (non-hydrogen) atoms. The van der Waals surface area contributed by atoms with E-state index in [0.29, 0.717) is 0 Å². The first kappa shape index (κ1) is 10.5. The molecule has 2 aromatic carbocycles. The number of hydrogen-bond donors (Lipinski definition) is 1. The monoisotopic (exact) mass is 209 g/mol. The van der Waals surface area contributed by atoms with Gasteiger partial charge in [0.25, 0.3) is 0 Å². The van der Waals surface area contributed by atoms with E-state index in [1.54, 1.807) is 0 Å². The first-order valence-electron chi connectivity index (χ1n) is 5.35. The Morgan fingerprint density at radius 3 is 2.50 bits per heavy atom. The molecule has 0 aliphatic carbocycles. The zero-order valence-corrected chi connectivity index (χ0v) is 9.35. The van der Waals surface area contributed by atoms with Crippen LogP contribution in [0.3, 0.4) is 0 Å². The van der Waals surface area contributed by atoms with E-state index in [-0.39, 0.29) is 0 Å². The van der Waals surface area contributed by atoms with Gasteiger partial charge in [-0.3, -0.25) is 0 Å². The Balaban J connectivity index is 2.25. The largest absolute Gasteiger partial charge is 0.399 e. The highest BCUT2D eigenvalue weighted by atomic mass is 14.5. The van der Waals surface area contributed by atoms with E-state index in [2.05, 4.69) is 31.2 Å². The van der Waals surface area contributed by atoms with Crippen LogP contribution in [0.1, 0.15) is 16.7 Å². The average Bonchev–Trinajstić information content (AvgIpc) is 2.28. The van der Waals surface area contributed by atoms with Gasteiger partial charge in [-0.2, -0.15) is 0 Å². The maximum absolute atomic E-state index is 5.72. The first-order valence-corrected chi connectivity index (χ1v) is 5.35. The molecule has 0 spiro atoms. The zero-order valence-electron chi connectivity index (χ0n) is 9.35. The summed E-state index contributed by atoms with van der Waals surface area (Å²) >= 11 is 0. The third-order valence-electron chi connectivity index (χ3n) is 2.55. The van der Waals surface area contributed by atoms with Crippen molar-refractivity contribution in [2.24, 2.45) is 0 Å². The molecule has 2 N–H and O–H groups in total. The quantitative estimate of drug-likeness (QED) is 0.591. The van der Waals surface area contributed by atoms with Gasteiger partial charge < -0.3 is 5.73 Å². The summed E-state index contributed by atoms with van der Waals surface area (Å²) in [4.78, 5) is 0. The molecule has 0 amide bonds. The van der Waals surface area contributed by atoms with Gasteiger partial charge in [-0.05, 0) is 35.7 Å². The van der Waals surface area contributed by atoms with E-state index >= 15 is 0 Å². The summed E-state index contributed by atoms with van der Waals surface area (Å²) in [5.41, 5.74) is 10.2. The number of rotatable bonds is 2. The fourth-order valence-corrected chi connectivity index (χ4v) is 1.62. The number of benzene rings is 2. The van der Waals surface area contributed by atoms with Gasteiger partial charge in [0, 0.05) is 5.69 Å². The van der Waals surface area contributed by atoms with Crippen molar-refractivity contribution in [2.45, 2.75) is 6.92 Å². The Morgan fingerprint density at radius 2 is 1.75 bits per heavy atom. The molecule has 0 heterocycles. The maximum Gasteiger partial charge on any atom is 0.0319 e. The van der Waals surface area contributed by atoms with Crippen molar-refractivity contribution < 1.29 is 0 Å². The van der Waals surface area contributed by atoms with Crippen LogP contribution in [0.15, 0.2) is 48.5 Å². The highest BCUT2D eigenvalue weighted by Gasteiger charge is 1.92. The van der Waals surface area contributed by atoms with Crippen LogP contribution in [0.5, 0.6) is 0 Å².